The van der Waals surface area contributed by atoms with E-state index in [0.29, 0.717) is 12.2 Å². The molecule has 2 heterocycles. The van der Waals surface area contributed by atoms with Gasteiger partial charge in [-0.3, -0.25) is 0 Å². The number of nitrogens with one attached hydrogen (secondary N) is 1. The molecule has 2 N–H and O–H groups in total. The maximum atomic E-state index is 13.3. The second-order valence-electron chi connectivity index (χ2n) is 8.47. The van der Waals surface area contributed by atoms with Crippen molar-refractivity contribution in [1.29, 1.82) is 0 Å². The number of anilines is 2. The molecular weight excluding hydrogens is 392 g/mol. The summed E-state index contributed by atoms with van der Waals surface area (Å²) < 4.78 is 5.34. The number of carbonyl (C=O) groups excluding carboxylic acids is 1. The quantitative estimate of drug-likeness (QED) is 0.732. The topological polar surface area (TPSA) is 77.9 Å². The first-order valence-corrected chi connectivity index (χ1v) is 11.2. The number of carbonyl (C=O) groups is 1. The minimum Gasteiger partial charge on any atom is -0.497 e. The van der Waals surface area contributed by atoms with E-state index in [0.717, 1.165) is 55.9 Å². The highest BCUT2D eigenvalue weighted by molar-refractivity contribution is 5.89. The Morgan fingerprint density at radius 1 is 1.19 bits per heavy atom. The number of pyridine rings is 1. The number of aromatic nitrogens is 1. The number of aliphatic hydroxyl groups is 1. The van der Waals surface area contributed by atoms with Crippen LogP contribution in [-0.2, 0) is 6.54 Å². The van der Waals surface area contributed by atoms with Gasteiger partial charge in [-0.25, -0.2) is 9.78 Å². The number of hydrogen-bond acceptors (Lipinski definition) is 5. The molecule has 1 saturated heterocycles. The van der Waals surface area contributed by atoms with Gasteiger partial charge in [0.1, 0.15) is 11.6 Å². The summed E-state index contributed by atoms with van der Waals surface area (Å²) in [4.78, 5) is 22.0. The lowest BCUT2D eigenvalue weighted by atomic mass is 9.92. The third-order valence-corrected chi connectivity index (χ3v) is 6.28. The van der Waals surface area contributed by atoms with E-state index in [9.17, 15) is 9.90 Å². The molecule has 0 radical (unpaired) electrons. The molecule has 1 aliphatic carbocycles. The van der Waals surface area contributed by atoms with E-state index in [2.05, 4.69) is 15.2 Å². The van der Waals surface area contributed by atoms with Gasteiger partial charge >= 0.3 is 6.03 Å². The fourth-order valence-corrected chi connectivity index (χ4v) is 4.49. The Balaban J connectivity index is 1.47. The molecule has 31 heavy (non-hydrogen) atoms. The van der Waals surface area contributed by atoms with Gasteiger partial charge in [0.2, 0.25) is 0 Å². The van der Waals surface area contributed by atoms with Crippen molar-refractivity contribution in [3.05, 3.63) is 48.2 Å². The molecule has 1 aliphatic heterocycles. The van der Waals surface area contributed by atoms with Crippen LogP contribution in [0, 0.1) is 0 Å². The Bertz CT molecular complexity index is 859. The van der Waals surface area contributed by atoms with Crippen molar-refractivity contribution in [2.45, 2.75) is 57.2 Å². The van der Waals surface area contributed by atoms with Crippen LogP contribution in [0.1, 0.15) is 44.1 Å². The summed E-state index contributed by atoms with van der Waals surface area (Å²) in [5, 5.41) is 12.9. The highest BCUT2D eigenvalue weighted by Crippen LogP contribution is 2.26. The Hall–Kier alpha value is -2.80. The van der Waals surface area contributed by atoms with E-state index in [1.165, 1.54) is 12.8 Å². The third kappa shape index (κ3) is 5.47. The van der Waals surface area contributed by atoms with Gasteiger partial charge in [-0.2, -0.15) is 0 Å². The number of hydrogen-bond donors (Lipinski definition) is 2. The van der Waals surface area contributed by atoms with Crippen molar-refractivity contribution < 1.29 is 14.6 Å². The van der Waals surface area contributed by atoms with Gasteiger partial charge in [-0.05, 0) is 68.4 Å². The smallest absolute Gasteiger partial charge is 0.322 e. The average molecular weight is 425 g/mol. The number of nitrogens with zero attached hydrogens (tertiary/aromatic N) is 3. The summed E-state index contributed by atoms with van der Waals surface area (Å²) in [6.07, 6.45) is 6.91. The van der Waals surface area contributed by atoms with E-state index in [-0.39, 0.29) is 18.2 Å². The zero-order chi connectivity index (χ0) is 21.6. The minimum absolute atomic E-state index is 0.0893. The molecule has 2 aromatic rings. The second-order valence-corrected chi connectivity index (χ2v) is 8.47. The normalized spacial score (nSPS) is 21.0. The van der Waals surface area contributed by atoms with Gasteiger partial charge < -0.3 is 25.0 Å². The van der Waals surface area contributed by atoms with Crippen LogP contribution in [0.15, 0.2) is 42.6 Å². The molecule has 0 bridgehead atoms. The fourth-order valence-electron chi connectivity index (χ4n) is 4.49. The van der Waals surface area contributed by atoms with Gasteiger partial charge in [-0.15, -0.1) is 0 Å². The van der Waals surface area contributed by atoms with Crippen LogP contribution >= 0.6 is 0 Å². The molecule has 0 spiro atoms. The van der Waals surface area contributed by atoms with Gasteiger partial charge in [0, 0.05) is 25.7 Å². The van der Waals surface area contributed by atoms with Crippen LogP contribution in [0.3, 0.4) is 0 Å². The van der Waals surface area contributed by atoms with Gasteiger partial charge in [0.25, 0.3) is 0 Å². The number of ether oxygens (including phenoxy) is 1. The van der Waals surface area contributed by atoms with Crippen LogP contribution in [-0.4, -0.2) is 53.4 Å². The first-order valence-electron chi connectivity index (χ1n) is 11.2. The average Bonchev–Trinajstić information content (AvgIpc) is 3.34. The van der Waals surface area contributed by atoms with Crippen LogP contribution in [0.25, 0.3) is 0 Å². The molecule has 7 nitrogen and oxygen atoms in total. The summed E-state index contributed by atoms with van der Waals surface area (Å²) in [5.41, 5.74) is 1.71. The molecule has 4 rings (SSSR count). The van der Waals surface area contributed by atoms with Crippen LogP contribution in [0.4, 0.5) is 16.3 Å². The lowest BCUT2D eigenvalue weighted by molar-refractivity contribution is 0.0849. The summed E-state index contributed by atoms with van der Waals surface area (Å²) in [5.74, 6) is 1.74. The molecule has 2 fully saturated rings. The van der Waals surface area contributed by atoms with Gasteiger partial charge in [0.15, 0.2) is 0 Å². The molecule has 2 amide bonds. The SMILES string of the molecule is COc1cccc(CN(C(=O)Nc2ccc(N3CCCC3)nc2)C2CCC(O)CC2)c1. The van der Waals surface area contributed by atoms with Crippen molar-refractivity contribution in [3.63, 3.8) is 0 Å². The molecule has 2 aliphatic rings. The molecular formula is C24H32N4O3. The predicted octanol–water partition coefficient (Wildman–Crippen LogP) is 4.03. The summed E-state index contributed by atoms with van der Waals surface area (Å²) in [7, 11) is 1.64. The van der Waals surface area contributed by atoms with E-state index in [1.807, 2.05) is 41.3 Å². The first-order chi connectivity index (χ1) is 15.1. The minimum atomic E-state index is -0.264. The van der Waals surface area contributed by atoms with E-state index >= 15 is 0 Å². The molecule has 1 aromatic heterocycles. The summed E-state index contributed by atoms with van der Waals surface area (Å²) in [6.45, 7) is 2.57. The Labute approximate surface area is 184 Å². The van der Waals surface area contributed by atoms with E-state index in [4.69, 9.17) is 4.74 Å². The molecule has 0 atom stereocenters. The monoisotopic (exact) mass is 424 g/mol. The van der Waals surface area contributed by atoms with Crippen molar-refractivity contribution in [2.24, 2.45) is 0 Å². The first kappa shape index (κ1) is 21.4. The van der Waals surface area contributed by atoms with E-state index < -0.39 is 0 Å². The standard InChI is InChI=1S/C24H32N4O3/c1-31-22-6-4-5-18(15-22)17-28(20-8-10-21(29)11-9-20)24(30)26-19-7-12-23(25-16-19)27-13-2-3-14-27/h4-7,12,15-16,20-21,29H,2-3,8-11,13-14,17H2,1H3,(H,26,30). The van der Waals surface area contributed by atoms with Gasteiger partial charge in [-0.1, -0.05) is 12.1 Å². The largest absolute Gasteiger partial charge is 0.497 e. The Morgan fingerprint density at radius 2 is 1.97 bits per heavy atom. The maximum absolute atomic E-state index is 13.3. The number of methoxy groups -OCH3 is 1. The fraction of sp³-hybridized carbons (Fsp3) is 0.500. The number of amides is 2. The summed E-state index contributed by atoms with van der Waals surface area (Å²) in [6, 6.07) is 11.7. The van der Waals surface area contributed by atoms with Crippen LogP contribution in [0.2, 0.25) is 0 Å². The lowest BCUT2D eigenvalue weighted by Gasteiger charge is -2.36. The van der Waals surface area contributed by atoms with Gasteiger partial charge in [0.05, 0.1) is 25.1 Å². The van der Waals surface area contributed by atoms with Crippen molar-refractivity contribution in [3.8, 4) is 5.75 Å². The molecule has 0 unspecified atom stereocenters. The third-order valence-electron chi connectivity index (χ3n) is 6.28. The highest BCUT2D eigenvalue weighted by atomic mass is 16.5. The number of rotatable bonds is 6. The molecule has 1 aromatic carbocycles. The molecule has 166 valence electrons. The Kier molecular flexibility index (Phi) is 6.92. The Morgan fingerprint density at radius 3 is 2.65 bits per heavy atom. The zero-order valence-electron chi connectivity index (χ0n) is 18.2. The molecule has 7 heteroatoms. The zero-order valence-corrected chi connectivity index (χ0v) is 18.2. The predicted molar refractivity (Wildman–Crippen MR) is 122 cm³/mol. The number of aliphatic hydroxyl groups excluding tert-OH is 1. The van der Waals surface area contributed by atoms with Crippen molar-refractivity contribution in [2.75, 3.05) is 30.4 Å². The maximum Gasteiger partial charge on any atom is 0.322 e. The summed E-state index contributed by atoms with van der Waals surface area (Å²) >= 11 is 0. The van der Waals surface area contributed by atoms with Crippen LogP contribution in [0.5, 0.6) is 5.75 Å². The number of urea groups is 1. The number of benzene rings is 1. The van der Waals surface area contributed by atoms with E-state index in [1.54, 1.807) is 13.3 Å². The van der Waals surface area contributed by atoms with Crippen LogP contribution < -0.4 is 15.0 Å². The lowest BCUT2D eigenvalue weighted by Crippen LogP contribution is -2.44. The highest BCUT2D eigenvalue weighted by Gasteiger charge is 2.28. The van der Waals surface area contributed by atoms with Crippen molar-refractivity contribution in [1.82, 2.24) is 9.88 Å². The van der Waals surface area contributed by atoms with Crippen molar-refractivity contribution >= 4 is 17.5 Å². The second kappa shape index (κ2) is 10.0. The molecule has 1 saturated carbocycles.